The highest BCUT2D eigenvalue weighted by Crippen LogP contribution is 2.30. The zero-order chi connectivity index (χ0) is 18.0. The number of carbonyl (C=O) groups excluding carboxylic acids is 1. The van der Waals surface area contributed by atoms with Crippen molar-refractivity contribution in [3.8, 4) is 0 Å². The van der Waals surface area contributed by atoms with Gasteiger partial charge in [-0.15, -0.1) is 0 Å². The number of guanidine groups is 1. The fraction of sp³-hybridized carbons (Fsp3) is 0.250. The van der Waals surface area contributed by atoms with Crippen molar-refractivity contribution in [2.75, 3.05) is 11.9 Å². The summed E-state index contributed by atoms with van der Waals surface area (Å²) in [6.07, 6.45) is 0. The number of anilines is 2. The molecule has 0 atom stereocenters. The van der Waals surface area contributed by atoms with Crippen molar-refractivity contribution in [3.63, 3.8) is 0 Å². The molecule has 0 spiro atoms. The van der Waals surface area contributed by atoms with E-state index in [0.29, 0.717) is 16.5 Å². The molecule has 0 unspecified atom stereocenters. The molecule has 0 bridgehead atoms. The molecule has 24 heavy (non-hydrogen) atoms. The number of benzene rings is 1. The molecule has 4 N–H and O–H groups in total. The molecule has 0 aliphatic rings. The number of aryl methyl sites for hydroxylation is 3. The van der Waals surface area contributed by atoms with Gasteiger partial charge >= 0.3 is 0 Å². The molecule has 0 radical (unpaired) electrons. The first-order valence-corrected chi connectivity index (χ1v) is 7.57. The van der Waals surface area contributed by atoms with Crippen LogP contribution in [0.4, 0.5) is 11.5 Å². The molecule has 1 aromatic carbocycles. The maximum absolute atomic E-state index is 12.3. The molecular formula is C16H19ClN6O. The first-order chi connectivity index (χ1) is 11.2. The Labute approximate surface area is 145 Å². The van der Waals surface area contributed by atoms with Gasteiger partial charge in [-0.25, -0.2) is 4.98 Å². The van der Waals surface area contributed by atoms with E-state index < -0.39 is 5.91 Å². The van der Waals surface area contributed by atoms with Crippen LogP contribution in [0.3, 0.4) is 0 Å². The Kier molecular flexibility index (Phi) is 5.04. The van der Waals surface area contributed by atoms with E-state index in [0.717, 1.165) is 17.1 Å². The van der Waals surface area contributed by atoms with Crippen LogP contribution in [0.2, 0.25) is 5.02 Å². The van der Waals surface area contributed by atoms with Gasteiger partial charge in [-0.05, 0) is 39.0 Å². The van der Waals surface area contributed by atoms with Crippen LogP contribution in [0.1, 0.15) is 27.4 Å². The summed E-state index contributed by atoms with van der Waals surface area (Å²) >= 11 is 6.02. The second kappa shape index (κ2) is 6.84. The molecule has 1 amide bonds. The topological polar surface area (TPSA) is 110 Å². The number of aromatic nitrogens is 2. The number of amides is 1. The molecule has 1 aromatic heterocycles. The smallest absolute Gasteiger partial charge is 0.282 e. The van der Waals surface area contributed by atoms with Crippen molar-refractivity contribution in [1.82, 2.24) is 9.97 Å². The maximum atomic E-state index is 12.3. The lowest BCUT2D eigenvalue weighted by molar-refractivity contribution is 0.100. The highest BCUT2D eigenvalue weighted by atomic mass is 35.5. The lowest BCUT2D eigenvalue weighted by Crippen LogP contribution is -2.25. The third kappa shape index (κ3) is 3.62. The number of nitrogens with zero attached hydrogens (tertiary/aromatic N) is 4. The van der Waals surface area contributed by atoms with Gasteiger partial charge in [0.15, 0.2) is 11.8 Å². The zero-order valence-corrected chi connectivity index (χ0v) is 14.7. The molecule has 0 aliphatic carbocycles. The Bertz CT molecular complexity index is 830. The molecular weight excluding hydrogens is 328 g/mol. The van der Waals surface area contributed by atoms with Crippen molar-refractivity contribution in [2.24, 2.45) is 16.5 Å². The summed E-state index contributed by atoms with van der Waals surface area (Å²) in [5.41, 5.74) is 13.9. The van der Waals surface area contributed by atoms with Gasteiger partial charge in [0.2, 0.25) is 0 Å². The minimum atomic E-state index is -0.575. The van der Waals surface area contributed by atoms with Gasteiger partial charge in [0.25, 0.3) is 5.91 Å². The molecule has 0 fully saturated rings. The van der Waals surface area contributed by atoms with Crippen molar-refractivity contribution >= 4 is 35.0 Å². The monoisotopic (exact) mass is 346 g/mol. The highest BCUT2D eigenvalue weighted by molar-refractivity contribution is 6.31. The fourth-order valence-electron chi connectivity index (χ4n) is 2.28. The van der Waals surface area contributed by atoms with Gasteiger partial charge < -0.3 is 16.4 Å². The summed E-state index contributed by atoms with van der Waals surface area (Å²) in [6, 6.07) is 4.92. The number of nitrogens with two attached hydrogens (primary N) is 2. The second-order valence-electron chi connectivity index (χ2n) is 5.37. The Morgan fingerprint density at radius 1 is 1.12 bits per heavy atom. The third-order valence-corrected chi connectivity index (χ3v) is 3.79. The number of halogens is 1. The predicted octanol–water partition coefficient (Wildman–Crippen LogP) is 2.24. The van der Waals surface area contributed by atoms with Gasteiger partial charge in [0, 0.05) is 12.1 Å². The van der Waals surface area contributed by atoms with Crippen LogP contribution in [0.15, 0.2) is 23.2 Å². The molecule has 0 saturated heterocycles. The van der Waals surface area contributed by atoms with E-state index in [-0.39, 0.29) is 11.5 Å². The Hall–Kier alpha value is -2.67. The summed E-state index contributed by atoms with van der Waals surface area (Å²) in [7, 11) is 1.79. The van der Waals surface area contributed by atoms with Crippen LogP contribution >= 0.6 is 11.6 Å². The largest absolute Gasteiger partial charge is 0.370 e. The molecule has 2 rings (SSSR count). The van der Waals surface area contributed by atoms with E-state index in [9.17, 15) is 4.79 Å². The molecule has 8 heteroatoms. The van der Waals surface area contributed by atoms with E-state index in [1.54, 1.807) is 24.1 Å². The Morgan fingerprint density at radius 3 is 2.38 bits per heavy atom. The highest BCUT2D eigenvalue weighted by Gasteiger charge is 2.19. The third-order valence-electron chi connectivity index (χ3n) is 3.55. The molecule has 1 heterocycles. The molecule has 0 saturated carbocycles. The SMILES string of the molecule is Cc1nc(C)c(N(C)c2ccc(Cl)cc2C(=O)N=C(N)N)nc1C. The lowest BCUT2D eigenvalue weighted by Gasteiger charge is -2.23. The quantitative estimate of drug-likeness (QED) is 0.651. The summed E-state index contributed by atoms with van der Waals surface area (Å²) in [6.45, 7) is 5.64. The van der Waals surface area contributed by atoms with Crippen molar-refractivity contribution in [3.05, 3.63) is 45.9 Å². The molecule has 0 aliphatic heterocycles. The summed E-state index contributed by atoms with van der Waals surface area (Å²) < 4.78 is 0. The lowest BCUT2D eigenvalue weighted by atomic mass is 10.1. The Balaban J connectivity index is 2.58. The number of carbonyl (C=O) groups is 1. The van der Waals surface area contributed by atoms with Crippen LogP contribution in [-0.4, -0.2) is 28.9 Å². The average molecular weight is 347 g/mol. The van der Waals surface area contributed by atoms with Gasteiger partial charge in [0.1, 0.15) is 0 Å². The first-order valence-electron chi connectivity index (χ1n) is 7.19. The van der Waals surface area contributed by atoms with Gasteiger partial charge in [-0.1, -0.05) is 11.6 Å². The summed E-state index contributed by atoms with van der Waals surface area (Å²) in [5, 5.41) is 0.407. The van der Waals surface area contributed by atoms with E-state index in [4.69, 9.17) is 23.1 Å². The number of hydrogen-bond acceptors (Lipinski definition) is 4. The first kappa shape index (κ1) is 17.7. The van der Waals surface area contributed by atoms with E-state index in [1.165, 1.54) is 6.07 Å². The minimum absolute atomic E-state index is 0.276. The molecule has 2 aromatic rings. The van der Waals surface area contributed by atoms with Gasteiger partial charge in [-0.3, -0.25) is 9.78 Å². The summed E-state index contributed by atoms with van der Waals surface area (Å²) in [5.74, 6) is -0.247. The van der Waals surface area contributed by atoms with Gasteiger partial charge in [-0.2, -0.15) is 4.99 Å². The van der Waals surface area contributed by atoms with Crippen LogP contribution in [0.25, 0.3) is 0 Å². The average Bonchev–Trinajstić information content (AvgIpc) is 2.49. The van der Waals surface area contributed by atoms with Crippen molar-refractivity contribution < 1.29 is 4.79 Å². The van der Waals surface area contributed by atoms with Crippen LogP contribution in [-0.2, 0) is 0 Å². The second-order valence-corrected chi connectivity index (χ2v) is 5.80. The van der Waals surface area contributed by atoms with E-state index >= 15 is 0 Å². The van der Waals surface area contributed by atoms with E-state index in [1.807, 2.05) is 20.8 Å². The number of aliphatic imine (C=N–C) groups is 1. The van der Waals surface area contributed by atoms with Crippen LogP contribution in [0, 0.1) is 20.8 Å². The zero-order valence-electron chi connectivity index (χ0n) is 14.0. The van der Waals surface area contributed by atoms with Gasteiger partial charge in [0.05, 0.1) is 28.3 Å². The van der Waals surface area contributed by atoms with Crippen molar-refractivity contribution in [1.29, 1.82) is 0 Å². The number of rotatable bonds is 3. The van der Waals surface area contributed by atoms with Crippen LogP contribution < -0.4 is 16.4 Å². The fourth-order valence-corrected chi connectivity index (χ4v) is 2.46. The summed E-state index contributed by atoms with van der Waals surface area (Å²) in [4.78, 5) is 26.7. The maximum Gasteiger partial charge on any atom is 0.282 e. The predicted molar refractivity (Wildman–Crippen MR) is 95.9 cm³/mol. The normalized spacial score (nSPS) is 10.4. The number of hydrogen-bond donors (Lipinski definition) is 2. The van der Waals surface area contributed by atoms with Crippen molar-refractivity contribution in [2.45, 2.75) is 20.8 Å². The Morgan fingerprint density at radius 2 is 1.75 bits per heavy atom. The van der Waals surface area contributed by atoms with E-state index in [2.05, 4.69) is 15.0 Å². The minimum Gasteiger partial charge on any atom is -0.370 e. The van der Waals surface area contributed by atoms with Crippen LogP contribution in [0.5, 0.6) is 0 Å². The standard InChI is InChI=1S/C16H19ClN6O/c1-8-9(2)21-14(10(3)20-8)23(4)13-6-5-11(17)7-12(13)15(24)22-16(18)19/h5-7H,1-4H3,(H4,18,19,22,24). The molecule has 126 valence electrons. The molecule has 7 nitrogen and oxygen atoms in total.